The monoisotopic (exact) mass is 512 g/mol. The van der Waals surface area contributed by atoms with E-state index >= 15 is 0 Å². The number of ether oxygens (including phenoxy) is 4. The molecule has 0 radical (unpaired) electrons. The Hall–Kier alpha value is -3.92. The predicted octanol–water partition coefficient (Wildman–Crippen LogP) is 3.55. The van der Waals surface area contributed by atoms with Gasteiger partial charge in [0.05, 0.1) is 44.5 Å². The quantitative estimate of drug-likeness (QED) is 0.492. The minimum Gasteiger partial charge on any atom is -0.497 e. The maximum atomic E-state index is 13.6. The van der Waals surface area contributed by atoms with E-state index in [0.29, 0.717) is 34.2 Å². The van der Waals surface area contributed by atoms with Crippen molar-refractivity contribution in [1.82, 2.24) is 5.32 Å². The van der Waals surface area contributed by atoms with Crippen LogP contribution in [0.2, 0.25) is 0 Å². The standard InChI is InChI=1S/C26H28N2O7S/c1-17(21-15-19(33-3)11-14-23(21)34-4)27-26(29)25-16-28(22-7-5-6-8-24(22)35-25)36(30,31)20-12-9-18(32-2)10-13-20/h5-15,17,25H,16H2,1-4H3,(H,27,29)/t17-,25+/m1/s1. The van der Waals surface area contributed by atoms with Crippen molar-refractivity contribution in [2.75, 3.05) is 32.2 Å². The molecule has 4 rings (SSSR count). The minimum atomic E-state index is -3.99. The number of para-hydroxylation sites is 2. The molecular formula is C26H28N2O7S. The Morgan fingerprint density at radius 1 is 0.972 bits per heavy atom. The second kappa shape index (κ2) is 10.4. The van der Waals surface area contributed by atoms with Crippen LogP contribution in [-0.2, 0) is 14.8 Å². The van der Waals surface area contributed by atoms with Crippen molar-refractivity contribution in [1.29, 1.82) is 0 Å². The van der Waals surface area contributed by atoms with E-state index in [4.69, 9.17) is 18.9 Å². The van der Waals surface area contributed by atoms with Gasteiger partial charge in [-0.25, -0.2) is 8.42 Å². The first kappa shape index (κ1) is 25.2. The predicted molar refractivity (Wildman–Crippen MR) is 134 cm³/mol. The molecule has 0 unspecified atom stereocenters. The van der Waals surface area contributed by atoms with Crippen LogP contribution in [0.1, 0.15) is 18.5 Å². The van der Waals surface area contributed by atoms with Gasteiger partial charge in [-0.1, -0.05) is 12.1 Å². The highest BCUT2D eigenvalue weighted by molar-refractivity contribution is 7.92. The van der Waals surface area contributed by atoms with Crippen molar-refractivity contribution >= 4 is 21.6 Å². The number of carbonyl (C=O) groups excluding carboxylic acids is 1. The summed E-state index contributed by atoms with van der Waals surface area (Å²) in [7, 11) is 0.621. The van der Waals surface area contributed by atoms with E-state index < -0.39 is 28.1 Å². The van der Waals surface area contributed by atoms with Crippen molar-refractivity contribution in [2.45, 2.75) is 24.0 Å². The molecule has 0 aromatic heterocycles. The summed E-state index contributed by atoms with van der Waals surface area (Å²) in [6.45, 7) is 1.61. The van der Waals surface area contributed by atoms with E-state index in [1.165, 1.54) is 23.5 Å². The van der Waals surface area contributed by atoms with Crippen LogP contribution >= 0.6 is 0 Å². The van der Waals surface area contributed by atoms with E-state index in [-0.39, 0.29) is 11.4 Å². The molecule has 3 aromatic rings. The topological polar surface area (TPSA) is 103 Å². The van der Waals surface area contributed by atoms with E-state index in [1.807, 2.05) is 0 Å². The molecule has 10 heteroatoms. The van der Waals surface area contributed by atoms with Crippen molar-refractivity contribution in [3.63, 3.8) is 0 Å². The minimum absolute atomic E-state index is 0.0775. The summed E-state index contributed by atoms with van der Waals surface area (Å²) in [5.41, 5.74) is 1.07. The molecule has 0 aliphatic carbocycles. The number of amides is 1. The van der Waals surface area contributed by atoms with Gasteiger partial charge in [-0.05, 0) is 61.5 Å². The molecule has 36 heavy (non-hydrogen) atoms. The molecule has 2 atom stereocenters. The number of nitrogens with one attached hydrogen (secondary N) is 1. The highest BCUT2D eigenvalue weighted by atomic mass is 32.2. The highest BCUT2D eigenvalue weighted by Gasteiger charge is 2.38. The maximum absolute atomic E-state index is 13.6. The van der Waals surface area contributed by atoms with Gasteiger partial charge in [-0.2, -0.15) is 0 Å². The van der Waals surface area contributed by atoms with Crippen LogP contribution in [0, 0.1) is 0 Å². The molecule has 0 bridgehead atoms. The van der Waals surface area contributed by atoms with E-state index in [9.17, 15) is 13.2 Å². The fourth-order valence-electron chi connectivity index (χ4n) is 4.00. The Bertz CT molecular complexity index is 1340. The van der Waals surface area contributed by atoms with Crippen LogP contribution in [0.15, 0.2) is 71.6 Å². The first-order valence-corrected chi connectivity index (χ1v) is 12.7. The SMILES string of the molecule is COc1ccc(S(=O)(=O)N2C[C@@H](C(=O)N[C@H](C)c3cc(OC)ccc3OC)Oc3ccccc32)cc1. The molecule has 1 amide bonds. The maximum Gasteiger partial charge on any atom is 0.264 e. The van der Waals surface area contributed by atoms with E-state index in [0.717, 1.165) is 0 Å². The average Bonchev–Trinajstić information content (AvgIpc) is 2.91. The molecule has 3 aromatic carbocycles. The lowest BCUT2D eigenvalue weighted by atomic mass is 10.1. The van der Waals surface area contributed by atoms with Crippen molar-refractivity contribution in [2.24, 2.45) is 0 Å². The smallest absolute Gasteiger partial charge is 0.264 e. The Balaban J connectivity index is 1.61. The lowest BCUT2D eigenvalue weighted by Gasteiger charge is -2.35. The molecule has 1 heterocycles. The van der Waals surface area contributed by atoms with Crippen LogP contribution < -0.4 is 28.6 Å². The first-order valence-electron chi connectivity index (χ1n) is 11.2. The van der Waals surface area contributed by atoms with Crippen molar-refractivity contribution < 1.29 is 32.2 Å². The molecule has 1 aliphatic heterocycles. The number of hydrogen-bond acceptors (Lipinski definition) is 7. The molecule has 1 N–H and O–H groups in total. The highest BCUT2D eigenvalue weighted by Crippen LogP contribution is 2.37. The zero-order chi connectivity index (χ0) is 25.9. The normalized spacial score (nSPS) is 15.8. The third-order valence-corrected chi connectivity index (χ3v) is 7.73. The lowest BCUT2D eigenvalue weighted by Crippen LogP contribution is -2.51. The number of methoxy groups -OCH3 is 3. The van der Waals surface area contributed by atoms with Gasteiger partial charge in [-0.15, -0.1) is 0 Å². The Morgan fingerprint density at radius 3 is 2.31 bits per heavy atom. The summed E-state index contributed by atoms with van der Waals surface area (Å²) in [6, 6.07) is 17.7. The summed E-state index contributed by atoms with van der Waals surface area (Å²) in [6.07, 6.45) is -1.08. The Labute approximate surface area is 210 Å². The van der Waals surface area contributed by atoms with Gasteiger partial charge in [-0.3, -0.25) is 9.10 Å². The van der Waals surface area contributed by atoms with Crippen LogP contribution in [0.25, 0.3) is 0 Å². The number of fused-ring (bicyclic) bond motifs is 1. The molecule has 9 nitrogen and oxygen atoms in total. The number of carbonyl (C=O) groups is 1. The third kappa shape index (κ3) is 4.90. The average molecular weight is 513 g/mol. The number of nitrogens with zero attached hydrogens (tertiary/aromatic N) is 1. The zero-order valence-electron chi connectivity index (χ0n) is 20.4. The number of rotatable bonds is 8. The summed E-state index contributed by atoms with van der Waals surface area (Å²) in [5.74, 6) is 1.58. The van der Waals surface area contributed by atoms with Gasteiger partial charge in [0.2, 0.25) is 0 Å². The van der Waals surface area contributed by atoms with Crippen LogP contribution in [0.5, 0.6) is 23.0 Å². The summed E-state index contributed by atoms with van der Waals surface area (Å²) in [4.78, 5) is 13.4. The molecule has 0 fully saturated rings. The fourth-order valence-corrected chi connectivity index (χ4v) is 5.48. The molecule has 0 saturated heterocycles. The van der Waals surface area contributed by atoms with Gasteiger partial charge >= 0.3 is 0 Å². The van der Waals surface area contributed by atoms with E-state index in [2.05, 4.69) is 5.32 Å². The summed E-state index contributed by atoms with van der Waals surface area (Å²) >= 11 is 0. The molecular weight excluding hydrogens is 484 g/mol. The number of hydrogen-bond donors (Lipinski definition) is 1. The third-order valence-electron chi connectivity index (χ3n) is 5.94. The van der Waals surface area contributed by atoms with Crippen LogP contribution in [0.3, 0.4) is 0 Å². The van der Waals surface area contributed by atoms with Gasteiger partial charge in [0.25, 0.3) is 15.9 Å². The Morgan fingerprint density at radius 2 is 1.64 bits per heavy atom. The van der Waals surface area contributed by atoms with Gasteiger partial charge in [0.1, 0.15) is 23.0 Å². The van der Waals surface area contributed by atoms with Gasteiger partial charge in [0, 0.05) is 5.56 Å². The molecule has 1 aliphatic rings. The van der Waals surface area contributed by atoms with Crippen molar-refractivity contribution in [3.8, 4) is 23.0 Å². The summed E-state index contributed by atoms with van der Waals surface area (Å²) in [5, 5.41) is 2.91. The zero-order valence-corrected chi connectivity index (χ0v) is 21.2. The molecule has 190 valence electrons. The van der Waals surface area contributed by atoms with Crippen LogP contribution in [0.4, 0.5) is 5.69 Å². The second-order valence-corrected chi connectivity index (χ2v) is 9.99. The number of benzene rings is 3. The number of anilines is 1. The second-order valence-electron chi connectivity index (χ2n) is 8.12. The lowest BCUT2D eigenvalue weighted by molar-refractivity contribution is -0.128. The van der Waals surface area contributed by atoms with Crippen molar-refractivity contribution in [3.05, 3.63) is 72.3 Å². The fraction of sp³-hybridized carbons (Fsp3) is 0.269. The largest absolute Gasteiger partial charge is 0.497 e. The first-order chi connectivity index (χ1) is 17.3. The summed E-state index contributed by atoms with van der Waals surface area (Å²) < 4.78 is 50.2. The van der Waals surface area contributed by atoms with Gasteiger partial charge in [0.15, 0.2) is 6.10 Å². The van der Waals surface area contributed by atoms with Crippen LogP contribution in [-0.4, -0.2) is 48.3 Å². The van der Waals surface area contributed by atoms with E-state index in [1.54, 1.807) is 75.7 Å². The molecule has 0 saturated carbocycles. The van der Waals surface area contributed by atoms with Gasteiger partial charge < -0.3 is 24.3 Å². The number of sulfonamides is 1. The molecule has 0 spiro atoms. The Kier molecular flexibility index (Phi) is 7.25.